The number of pyridine rings is 2. The summed E-state index contributed by atoms with van der Waals surface area (Å²) in [5, 5.41) is 9.43. The predicted octanol–water partition coefficient (Wildman–Crippen LogP) is 7.02. The lowest BCUT2D eigenvalue weighted by atomic mass is 9.95. The molecule has 0 unspecified atom stereocenters. The summed E-state index contributed by atoms with van der Waals surface area (Å²) < 4.78 is 67.8. The zero-order chi connectivity index (χ0) is 26.6. The van der Waals surface area contributed by atoms with Crippen molar-refractivity contribution in [1.29, 1.82) is 5.26 Å². The summed E-state index contributed by atoms with van der Waals surface area (Å²) in [7, 11) is 1.63. The molecule has 3 aromatic heterocycles. The van der Waals surface area contributed by atoms with E-state index in [2.05, 4.69) is 21.0 Å². The Hall–Kier alpha value is -3.52. The number of nitrogens with zero attached hydrogens (tertiary/aromatic N) is 5. The number of hydrogen-bond acceptors (Lipinski definition) is 5. The van der Waals surface area contributed by atoms with Crippen molar-refractivity contribution < 1.29 is 22.0 Å². The summed E-state index contributed by atoms with van der Waals surface area (Å²) in [6, 6.07) is 12.8. The molecular formula is C26H20F5N5S. The molecule has 190 valence electrons. The molecule has 0 saturated heterocycles. The molecule has 1 aliphatic rings. The topological polar surface area (TPSA) is 67.4 Å². The molecule has 37 heavy (non-hydrogen) atoms. The van der Waals surface area contributed by atoms with Crippen molar-refractivity contribution in [1.82, 2.24) is 19.5 Å². The highest BCUT2D eigenvalue weighted by Crippen LogP contribution is 2.48. The first kappa shape index (κ1) is 25.1. The first-order chi connectivity index (χ1) is 17.5. The van der Waals surface area contributed by atoms with Gasteiger partial charge in [-0.3, -0.25) is 9.97 Å². The SMILES string of the molecule is CCSc1cc(-c2ccc(C3(C#N)CC3)cc2)cnc1-c1nc2cc(C(F)(F)C(F)(F)F)ncc2n1C. The van der Waals surface area contributed by atoms with Gasteiger partial charge in [0.05, 0.1) is 28.7 Å². The van der Waals surface area contributed by atoms with Crippen LogP contribution in [0.4, 0.5) is 22.0 Å². The normalized spacial score (nSPS) is 15.1. The van der Waals surface area contributed by atoms with Crippen LogP contribution in [0, 0.1) is 11.3 Å². The Morgan fingerprint density at radius 3 is 2.32 bits per heavy atom. The van der Waals surface area contributed by atoms with Gasteiger partial charge >= 0.3 is 12.1 Å². The first-order valence-corrected chi connectivity index (χ1v) is 12.4. The Morgan fingerprint density at radius 2 is 1.73 bits per heavy atom. The van der Waals surface area contributed by atoms with Crippen LogP contribution < -0.4 is 0 Å². The number of rotatable bonds is 6. The van der Waals surface area contributed by atoms with Crippen LogP contribution in [-0.2, 0) is 18.4 Å². The molecule has 0 spiro atoms. The minimum atomic E-state index is -5.76. The first-order valence-electron chi connectivity index (χ1n) is 11.4. The van der Waals surface area contributed by atoms with Crippen LogP contribution in [0.15, 0.2) is 53.7 Å². The summed E-state index contributed by atoms with van der Waals surface area (Å²) in [6.07, 6.45) is -1.41. The maximum atomic E-state index is 13.9. The smallest absolute Gasteiger partial charge is 0.325 e. The number of aryl methyl sites for hydroxylation is 1. The molecule has 0 amide bonds. The monoisotopic (exact) mass is 529 g/mol. The molecule has 4 aromatic rings. The number of alkyl halides is 5. The fourth-order valence-electron chi connectivity index (χ4n) is 4.23. The van der Waals surface area contributed by atoms with E-state index in [4.69, 9.17) is 0 Å². The average Bonchev–Trinajstić information content (AvgIpc) is 3.61. The summed E-state index contributed by atoms with van der Waals surface area (Å²) >= 11 is 1.51. The molecule has 11 heteroatoms. The second kappa shape index (κ2) is 8.80. The molecule has 0 radical (unpaired) electrons. The number of imidazole rings is 1. The van der Waals surface area contributed by atoms with Crippen molar-refractivity contribution in [3.05, 3.63) is 60.0 Å². The Kier molecular flexibility index (Phi) is 5.98. The lowest BCUT2D eigenvalue weighted by Gasteiger charge is -2.18. The average molecular weight is 530 g/mol. The largest absolute Gasteiger partial charge is 0.459 e. The van der Waals surface area contributed by atoms with Crippen molar-refractivity contribution in [2.45, 2.75) is 42.2 Å². The highest BCUT2D eigenvalue weighted by Gasteiger charge is 2.60. The molecule has 0 bridgehead atoms. The molecule has 0 aliphatic heterocycles. The predicted molar refractivity (Wildman–Crippen MR) is 130 cm³/mol. The standard InChI is InChI=1S/C26H20F5N5S/c1-3-37-20-10-16(15-4-6-17(7-5-15)24(14-32)8-9-24)12-34-22(20)23-35-18-11-21(25(27,28)26(29,30)31)33-13-19(18)36(23)2/h4-7,10-13H,3,8-9H2,1-2H3. The molecular weight excluding hydrogens is 509 g/mol. The van der Waals surface area contributed by atoms with Crippen LogP contribution in [0.25, 0.3) is 33.7 Å². The maximum Gasteiger partial charge on any atom is 0.459 e. The van der Waals surface area contributed by atoms with Crippen LogP contribution in [0.2, 0.25) is 0 Å². The Labute approximate surface area is 213 Å². The lowest BCUT2D eigenvalue weighted by Crippen LogP contribution is -2.34. The van der Waals surface area contributed by atoms with Crippen LogP contribution >= 0.6 is 11.8 Å². The van der Waals surface area contributed by atoms with E-state index in [0.29, 0.717) is 23.1 Å². The minimum Gasteiger partial charge on any atom is -0.325 e. The Morgan fingerprint density at radius 1 is 1.03 bits per heavy atom. The molecule has 0 atom stereocenters. The van der Waals surface area contributed by atoms with Crippen molar-refractivity contribution in [2.24, 2.45) is 7.05 Å². The molecule has 1 aliphatic carbocycles. The lowest BCUT2D eigenvalue weighted by molar-refractivity contribution is -0.290. The number of nitriles is 1. The third kappa shape index (κ3) is 4.23. The van der Waals surface area contributed by atoms with E-state index in [0.717, 1.165) is 46.4 Å². The van der Waals surface area contributed by atoms with Gasteiger partial charge < -0.3 is 4.57 Å². The summed E-state index contributed by atoms with van der Waals surface area (Å²) in [5.74, 6) is -4.05. The van der Waals surface area contributed by atoms with Crippen molar-refractivity contribution in [3.8, 4) is 28.7 Å². The molecule has 1 saturated carbocycles. The summed E-state index contributed by atoms with van der Waals surface area (Å²) in [5.41, 5.74) is 1.73. The van der Waals surface area contributed by atoms with Crippen LogP contribution in [-0.4, -0.2) is 31.4 Å². The highest BCUT2D eigenvalue weighted by atomic mass is 32.2. The maximum absolute atomic E-state index is 13.9. The van der Waals surface area contributed by atoms with E-state index in [-0.39, 0.29) is 10.9 Å². The minimum absolute atomic E-state index is 0.0353. The number of fused-ring (bicyclic) bond motifs is 1. The van der Waals surface area contributed by atoms with Gasteiger partial charge in [0, 0.05) is 23.7 Å². The quantitative estimate of drug-likeness (QED) is 0.198. The van der Waals surface area contributed by atoms with Gasteiger partial charge in [-0.15, -0.1) is 11.8 Å². The van der Waals surface area contributed by atoms with Crippen LogP contribution in [0.3, 0.4) is 0 Å². The highest BCUT2D eigenvalue weighted by molar-refractivity contribution is 7.99. The van der Waals surface area contributed by atoms with Gasteiger partial charge in [-0.25, -0.2) is 4.98 Å². The van der Waals surface area contributed by atoms with Crippen molar-refractivity contribution in [3.63, 3.8) is 0 Å². The molecule has 5 nitrogen and oxygen atoms in total. The molecule has 0 N–H and O–H groups in total. The Balaban J connectivity index is 1.54. The van der Waals surface area contributed by atoms with Gasteiger partial charge in [0.1, 0.15) is 11.4 Å². The number of aromatic nitrogens is 4. The molecule has 5 rings (SSSR count). The van der Waals surface area contributed by atoms with E-state index < -0.39 is 17.8 Å². The number of benzene rings is 1. The van der Waals surface area contributed by atoms with Gasteiger partial charge in [0.25, 0.3) is 0 Å². The van der Waals surface area contributed by atoms with E-state index >= 15 is 0 Å². The second-order valence-electron chi connectivity index (χ2n) is 8.90. The van der Waals surface area contributed by atoms with E-state index in [9.17, 15) is 27.2 Å². The zero-order valence-corrected chi connectivity index (χ0v) is 20.6. The van der Waals surface area contributed by atoms with E-state index in [1.165, 1.54) is 11.8 Å². The number of halogens is 5. The summed E-state index contributed by atoms with van der Waals surface area (Å²) in [6.45, 7) is 1.97. The Bertz CT molecular complexity index is 1530. The third-order valence-corrected chi connectivity index (χ3v) is 7.46. The zero-order valence-electron chi connectivity index (χ0n) is 19.8. The van der Waals surface area contributed by atoms with Crippen LogP contribution in [0.5, 0.6) is 0 Å². The number of hydrogen-bond donors (Lipinski definition) is 0. The number of thioether (sulfide) groups is 1. The molecule has 3 heterocycles. The fourth-order valence-corrected chi connectivity index (χ4v) is 5.03. The third-order valence-electron chi connectivity index (χ3n) is 6.54. The van der Waals surface area contributed by atoms with Gasteiger partial charge in [-0.1, -0.05) is 31.2 Å². The van der Waals surface area contributed by atoms with Crippen molar-refractivity contribution in [2.75, 3.05) is 5.75 Å². The van der Waals surface area contributed by atoms with E-state index in [1.54, 1.807) is 17.8 Å². The van der Waals surface area contributed by atoms with E-state index in [1.807, 2.05) is 37.3 Å². The summed E-state index contributed by atoms with van der Waals surface area (Å²) in [4.78, 5) is 13.1. The van der Waals surface area contributed by atoms with Crippen LogP contribution in [0.1, 0.15) is 31.0 Å². The molecule has 1 fully saturated rings. The van der Waals surface area contributed by atoms with Gasteiger partial charge in [0.2, 0.25) is 0 Å². The van der Waals surface area contributed by atoms with Crippen molar-refractivity contribution >= 4 is 22.8 Å². The second-order valence-corrected chi connectivity index (χ2v) is 10.2. The fraction of sp³-hybridized carbons (Fsp3) is 0.308. The van der Waals surface area contributed by atoms with Gasteiger partial charge in [-0.2, -0.15) is 27.2 Å². The van der Waals surface area contributed by atoms with Gasteiger partial charge in [0.15, 0.2) is 5.82 Å². The van der Waals surface area contributed by atoms with Gasteiger partial charge in [-0.05, 0) is 41.9 Å². The molecule has 1 aromatic carbocycles.